The molecule has 0 fully saturated rings. The maximum atomic E-state index is 12.7. The number of anilines is 1. The van der Waals surface area contributed by atoms with Gasteiger partial charge >= 0.3 is 0 Å². The van der Waals surface area contributed by atoms with E-state index in [-0.39, 0.29) is 11.2 Å². The van der Waals surface area contributed by atoms with E-state index in [1.165, 1.54) is 17.3 Å². The summed E-state index contributed by atoms with van der Waals surface area (Å²) in [5.41, 5.74) is 3.97. The quantitative estimate of drug-likeness (QED) is 0.453. The summed E-state index contributed by atoms with van der Waals surface area (Å²) in [7, 11) is 0. The van der Waals surface area contributed by atoms with Crippen molar-refractivity contribution in [1.82, 2.24) is 9.97 Å². The van der Waals surface area contributed by atoms with Gasteiger partial charge in [0.05, 0.1) is 10.9 Å². The second-order valence-corrected chi connectivity index (χ2v) is 7.38. The molecule has 0 aliphatic heterocycles. The Hall–Kier alpha value is -2.66. The van der Waals surface area contributed by atoms with Crippen LogP contribution in [0.2, 0.25) is 0 Å². The highest BCUT2D eigenvalue weighted by molar-refractivity contribution is 8.00. The minimum Gasteiger partial charge on any atom is -0.325 e. The van der Waals surface area contributed by atoms with Crippen LogP contribution in [0.3, 0.4) is 0 Å². The highest BCUT2D eigenvalue weighted by Gasteiger charge is 2.19. The minimum absolute atomic E-state index is 0.00776. The molecular weight excluding hydrogens is 354 g/mol. The zero-order valence-electron chi connectivity index (χ0n) is 15.6. The molecule has 1 N–H and O–H groups in total. The summed E-state index contributed by atoms with van der Waals surface area (Å²) >= 11 is 1.47. The molecular formula is C22H23N3OS. The molecule has 27 heavy (non-hydrogen) atoms. The monoisotopic (exact) mass is 377 g/mol. The molecule has 1 unspecified atom stereocenters. The number of aromatic nitrogens is 2. The number of nitrogens with one attached hydrogen (secondary N) is 1. The number of hydrogen-bond acceptors (Lipinski definition) is 4. The molecule has 0 saturated carbocycles. The molecule has 2 aromatic carbocycles. The Morgan fingerprint density at radius 2 is 1.78 bits per heavy atom. The van der Waals surface area contributed by atoms with Crippen LogP contribution in [-0.4, -0.2) is 21.1 Å². The average molecular weight is 378 g/mol. The van der Waals surface area contributed by atoms with Crippen LogP contribution in [0.25, 0.3) is 11.3 Å². The number of hydrogen-bond donors (Lipinski definition) is 1. The molecule has 3 aromatic rings. The first-order valence-corrected chi connectivity index (χ1v) is 10.0. The van der Waals surface area contributed by atoms with Crippen molar-refractivity contribution in [3.8, 4) is 11.3 Å². The predicted octanol–water partition coefficient (Wildman–Crippen LogP) is 5.22. The summed E-state index contributed by atoms with van der Waals surface area (Å²) in [6.45, 7) is 4.12. The molecule has 0 radical (unpaired) electrons. The van der Waals surface area contributed by atoms with E-state index in [0.29, 0.717) is 6.42 Å². The number of amides is 1. The Balaban J connectivity index is 1.69. The lowest BCUT2D eigenvalue weighted by Crippen LogP contribution is -2.24. The summed E-state index contributed by atoms with van der Waals surface area (Å²) in [4.78, 5) is 21.4. The lowest BCUT2D eigenvalue weighted by Gasteiger charge is -2.15. The van der Waals surface area contributed by atoms with Gasteiger partial charge in [-0.1, -0.05) is 68.1 Å². The van der Waals surface area contributed by atoms with E-state index >= 15 is 0 Å². The van der Waals surface area contributed by atoms with E-state index < -0.39 is 0 Å². The number of carbonyl (C=O) groups is 1. The first-order valence-electron chi connectivity index (χ1n) is 9.13. The van der Waals surface area contributed by atoms with Gasteiger partial charge in [-0.3, -0.25) is 4.79 Å². The zero-order valence-corrected chi connectivity index (χ0v) is 16.4. The normalized spacial score (nSPS) is 11.8. The summed E-state index contributed by atoms with van der Waals surface area (Å²) in [6, 6.07) is 19.9. The summed E-state index contributed by atoms with van der Waals surface area (Å²) in [6.07, 6.45) is 3.26. The Kier molecular flexibility index (Phi) is 6.60. The van der Waals surface area contributed by atoms with E-state index in [1.807, 2.05) is 67.6 Å². The number of rotatable bonds is 7. The molecule has 1 amide bonds. The first kappa shape index (κ1) is 19.1. The number of nitrogens with zero attached hydrogens (tertiary/aromatic N) is 2. The van der Waals surface area contributed by atoms with Gasteiger partial charge in [0.1, 0.15) is 11.4 Å². The van der Waals surface area contributed by atoms with Gasteiger partial charge in [-0.05, 0) is 36.6 Å². The molecule has 0 bridgehead atoms. The molecule has 138 valence electrons. The van der Waals surface area contributed by atoms with Crippen LogP contribution in [0, 0.1) is 0 Å². The maximum absolute atomic E-state index is 12.7. The molecule has 5 heteroatoms. The zero-order chi connectivity index (χ0) is 19.1. The SMILES string of the molecule is CCc1ccc(NC(=O)C(CC)Sc2cc(-c3ccccc3)ncn2)cc1. The lowest BCUT2D eigenvalue weighted by molar-refractivity contribution is -0.115. The number of aryl methyl sites for hydroxylation is 1. The van der Waals surface area contributed by atoms with E-state index in [0.717, 1.165) is 28.4 Å². The van der Waals surface area contributed by atoms with Crippen molar-refractivity contribution in [2.24, 2.45) is 0 Å². The van der Waals surface area contributed by atoms with Crippen LogP contribution < -0.4 is 5.32 Å². The fourth-order valence-electron chi connectivity index (χ4n) is 2.69. The molecule has 0 aliphatic rings. The first-order chi connectivity index (χ1) is 13.2. The summed E-state index contributed by atoms with van der Waals surface area (Å²) in [5, 5.41) is 3.59. The highest BCUT2D eigenvalue weighted by Crippen LogP contribution is 2.27. The van der Waals surface area contributed by atoms with Gasteiger partial charge in [0.25, 0.3) is 0 Å². The molecule has 0 saturated heterocycles. The standard InChI is InChI=1S/C22H23N3OS/c1-3-16-10-12-18(13-11-16)25-22(26)20(4-2)27-21-14-19(23-15-24-21)17-8-6-5-7-9-17/h5-15,20H,3-4H2,1-2H3,(H,25,26). The molecule has 0 aliphatic carbocycles. The number of benzene rings is 2. The van der Waals surface area contributed by atoms with Crippen molar-refractivity contribution in [2.45, 2.75) is 37.0 Å². The summed E-state index contributed by atoms with van der Waals surface area (Å²) in [5.74, 6) is -0.00776. The minimum atomic E-state index is -0.214. The van der Waals surface area contributed by atoms with Crippen molar-refractivity contribution in [3.05, 3.63) is 72.6 Å². The van der Waals surface area contributed by atoms with Crippen molar-refractivity contribution >= 4 is 23.4 Å². The van der Waals surface area contributed by atoms with Crippen molar-refractivity contribution < 1.29 is 4.79 Å². The predicted molar refractivity (Wildman–Crippen MR) is 112 cm³/mol. The van der Waals surface area contributed by atoms with E-state index in [2.05, 4.69) is 22.2 Å². The maximum Gasteiger partial charge on any atom is 0.237 e. The van der Waals surface area contributed by atoms with Gasteiger partial charge in [-0.15, -0.1) is 0 Å². The molecule has 0 spiro atoms. The van der Waals surface area contributed by atoms with Crippen LogP contribution in [0.1, 0.15) is 25.8 Å². The van der Waals surface area contributed by atoms with Gasteiger partial charge in [0.2, 0.25) is 5.91 Å². The topological polar surface area (TPSA) is 54.9 Å². The van der Waals surface area contributed by atoms with Gasteiger partial charge in [-0.25, -0.2) is 9.97 Å². The highest BCUT2D eigenvalue weighted by atomic mass is 32.2. The molecule has 1 aromatic heterocycles. The van der Waals surface area contributed by atoms with E-state index in [4.69, 9.17) is 0 Å². The van der Waals surface area contributed by atoms with E-state index in [1.54, 1.807) is 6.33 Å². The smallest absolute Gasteiger partial charge is 0.237 e. The van der Waals surface area contributed by atoms with Gasteiger partial charge in [-0.2, -0.15) is 0 Å². The third-order valence-corrected chi connectivity index (χ3v) is 5.56. The second-order valence-electron chi connectivity index (χ2n) is 6.16. The number of thioether (sulfide) groups is 1. The average Bonchev–Trinajstić information content (AvgIpc) is 2.73. The third kappa shape index (κ3) is 5.17. The van der Waals surface area contributed by atoms with Gasteiger partial charge < -0.3 is 5.32 Å². The Morgan fingerprint density at radius 1 is 1.04 bits per heavy atom. The lowest BCUT2D eigenvalue weighted by atomic mass is 10.1. The Labute approximate surface area is 164 Å². The number of carbonyl (C=O) groups excluding carboxylic acids is 1. The van der Waals surface area contributed by atoms with Crippen molar-refractivity contribution in [3.63, 3.8) is 0 Å². The third-order valence-electron chi connectivity index (χ3n) is 4.27. The van der Waals surface area contributed by atoms with Crippen LogP contribution in [0.5, 0.6) is 0 Å². The Bertz CT molecular complexity index is 882. The second kappa shape index (κ2) is 9.33. The fraction of sp³-hybridized carbons (Fsp3) is 0.227. The van der Waals surface area contributed by atoms with Crippen molar-refractivity contribution in [2.75, 3.05) is 5.32 Å². The van der Waals surface area contributed by atoms with Crippen LogP contribution in [0.4, 0.5) is 5.69 Å². The van der Waals surface area contributed by atoms with Gasteiger partial charge in [0.15, 0.2) is 0 Å². The molecule has 4 nitrogen and oxygen atoms in total. The van der Waals surface area contributed by atoms with Crippen LogP contribution in [0.15, 0.2) is 72.0 Å². The molecule has 1 heterocycles. The van der Waals surface area contributed by atoms with E-state index in [9.17, 15) is 4.79 Å². The molecule has 3 rings (SSSR count). The fourth-order valence-corrected chi connectivity index (χ4v) is 3.60. The summed E-state index contributed by atoms with van der Waals surface area (Å²) < 4.78 is 0. The Morgan fingerprint density at radius 3 is 2.44 bits per heavy atom. The van der Waals surface area contributed by atoms with Crippen LogP contribution >= 0.6 is 11.8 Å². The molecule has 1 atom stereocenters. The van der Waals surface area contributed by atoms with Crippen molar-refractivity contribution in [1.29, 1.82) is 0 Å². The largest absolute Gasteiger partial charge is 0.325 e. The van der Waals surface area contributed by atoms with Crippen LogP contribution in [-0.2, 0) is 11.2 Å². The van der Waals surface area contributed by atoms with Gasteiger partial charge in [0, 0.05) is 11.3 Å².